The molecule has 1 N–H and O–H groups in total. The smallest absolute Gasteiger partial charge is 0.265 e. The summed E-state index contributed by atoms with van der Waals surface area (Å²) in [5.41, 5.74) is 0.467. The van der Waals surface area contributed by atoms with Crippen molar-refractivity contribution in [3.05, 3.63) is 82.8 Å². The van der Waals surface area contributed by atoms with Gasteiger partial charge in [0.15, 0.2) is 11.9 Å². The molecule has 0 spiro atoms. The second-order valence-corrected chi connectivity index (χ2v) is 6.89. The number of carbonyl (C=O) groups excluding carboxylic acids is 1. The zero-order chi connectivity index (χ0) is 19.9. The number of rotatable bonds is 7. The molecule has 28 heavy (non-hydrogen) atoms. The molecule has 144 valence electrons. The molecule has 0 aliphatic rings. The number of benzene rings is 3. The average molecular weight is 416 g/mol. The number of para-hydroxylation sites is 1. The minimum atomic E-state index is -0.693. The molecule has 3 aromatic rings. The summed E-state index contributed by atoms with van der Waals surface area (Å²) in [6, 6.07) is 21.3. The first-order valence-corrected chi connectivity index (χ1v) is 9.56. The van der Waals surface area contributed by atoms with Gasteiger partial charge in [0.1, 0.15) is 11.5 Å². The quantitative estimate of drug-likeness (QED) is 0.473. The van der Waals surface area contributed by atoms with Crippen LogP contribution in [0.2, 0.25) is 10.0 Å². The van der Waals surface area contributed by atoms with Gasteiger partial charge in [-0.2, -0.15) is 0 Å². The van der Waals surface area contributed by atoms with Gasteiger partial charge < -0.3 is 14.8 Å². The second-order valence-electron chi connectivity index (χ2n) is 6.02. The van der Waals surface area contributed by atoms with Crippen LogP contribution in [0.5, 0.6) is 17.2 Å². The molecule has 3 rings (SSSR count). The van der Waals surface area contributed by atoms with Crippen molar-refractivity contribution in [3.63, 3.8) is 0 Å². The van der Waals surface area contributed by atoms with Crippen LogP contribution in [0.1, 0.15) is 13.3 Å². The number of anilines is 1. The van der Waals surface area contributed by atoms with Gasteiger partial charge in [-0.05, 0) is 55.0 Å². The highest BCUT2D eigenvalue weighted by Crippen LogP contribution is 2.32. The number of nitrogens with one attached hydrogen (secondary N) is 1. The fourth-order valence-electron chi connectivity index (χ4n) is 2.54. The maximum absolute atomic E-state index is 12.8. The molecular formula is C22H19Cl2NO3. The van der Waals surface area contributed by atoms with Gasteiger partial charge in [-0.1, -0.05) is 54.4 Å². The maximum Gasteiger partial charge on any atom is 0.265 e. The summed E-state index contributed by atoms with van der Waals surface area (Å²) in [7, 11) is 0. The third-order valence-electron chi connectivity index (χ3n) is 3.91. The van der Waals surface area contributed by atoms with Crippen LogP contribution in [-0.4, -0.2) is 12.0 Å². The van der Waals surface area contributed by atoms with E-state index in [0.717, 1.165) is 0 Å². The fourth-order valence-corrected chi connectivity index (χ4v) is 2.90. The van der Waals surface area contributed by atoms with Crippen LogP contribution >= 0.6 is 23.2 Å². The Kier molecular flexibility index (Phi) is 6.80. The monoisotopic (exact) mass is 415 g/mol. The molecule has 6 heteroatoms. The van der Waals surface area contributed by atoms with E-state index in [1.54, 1.807) is 42.5 Å². The number of halogens is 2. The van der Waals surface area contributed by atoms with Crippen LogP contribution in [0.15, 0.2) is 72.8 Å². The molecule has 1 atom stereocenters. The molecule has 0 saturated carbocycles. The van der Waals surface area contributed by atoms with E-state index in [-0.39, 0.29) is 5.91 Å². The lowest BCUT2D eigenvalue weighted by Gasteiger charge is -2.19. The van der Waals surface area contributed by atoms with E-state index in [0.29, 0.717) is 39.4 Å². The molecule has 0 aromatic heterocycles. The lowest BCUT2D eigenvalue weighted by atomic mass is 10.2. The molecule has 0 aliphatic carbocycles. The first kappa shape index (κ1) is 20.1. The van der Waals surface area contributed by atoms with Gasteiger partial charge in [0, 0.05) is 10.0 Å². The van der Waals surface area contributed by atoms with Gasteiger partial charge in [-0.3, -0.25) is 4.79 Å². The van der Waals surface area contributed by atoms with Crippen molar-refractivity contribution in [2.24, 2.45) is 0 Å². The Morgan fingerprint density at radius 2 is 1.64 bits per heavy atom. The van der Waals surface area contributed by atoms with Crippen molar-refractivity contribution in [1.82, 2.24) is 0 Å². The minimum absolute atomic E-state index is 0.303. The average Bonchev–Trinajstić information content (AvgIpc) is 2.69. The van der Waals surface area contributed by atoms with E-state index < -0.39 is 6.10 Å². The first-order valence-electron chi connectivity index (χ1n) is 8.80. The molecule has 0 heterocycles. The SMILES string of the molecule is CC[C@@H](Oc1cccc(Cl)c1)C(=O)Nc1cc(Cl)ccc1Oc1ccccc1. The maximum atomic E-state index is 12.8. The van der Waals surface area contributed by atoms with Crippen molar-refractivity contribution >= 4 is 34.8 Å². The Bertz CT molecular complexity index is 948. The molecule has 0 fully saturated rings. The van der Waals surface area contributed by atoms with Crippen molar-refractivity contribution in [2.75, 3.05) is 5.32 Å². The number of amides is 1. The van der Waals surface area contributed by atoms with E-state index >= 15 is 0 Å². The normalized spacial score (nSPS) is 11.5. The molecule has 0 bridgehead atoms. The summed E-state index contributed by atoms with van der Waals surface area (Å²) in [4.78, 5) is 12.8. The van der Waals surface area contributed by atoms with E-state index in [4.69, 9.17) is 32.7 Å². The van der Waals surface area contributed by atoms with Crippen LogP contribution < -0.4 is 14.8 Å². The van der Waals surface area contributed by atoms with E-state index in [2.05, 4.69) is 5.32 Å². The van der Waals surface area contributed by atoms with Crippen molar-refractivity contribution < 1.29 is 14.3 Å². The summed E-state index contributed by atoms with van der Waals surface area (Å²) in [6.45, 7) is 1.87. The van der Waals surface area contributed by atoms with Gasteiger partial charge in [0.25, 0.3) is 5.91 Å². The van der Waals surface area contributed by atoms with Crippen molar-refractivity contribution in [2.45, 2.75) is 19.4 Å². The summed E-state index contributed by atoms with van der Waals surface area (Å²) in [5.74, 6) is 1.37. The molecular weight excluding hydrogens is 397 g/mol. The summed E-state index contributed by atoms with van der Waals surface area (Å²) in [6.07, 6.45) is -0.213. The zero-order valence-electron chi connectivity index (χ0n) is 15.2. The Labute approximate surface area is 174 Å². The highest BCUT2D eigenvalue weighted by molar-refractivity contribution is 6.31. The van der Waals surface area contributed by atoms with Crippen LogP contribution in [0.3, 0.4) is 0 Å². The van der Waals surface area contributed by atoms with Gasteiger partial charge in [0.05, 0.1) is 5.69 Å². The van der Waals surface area contributed by atoms with E-state index in [1.165, 1.54) is 0 Å². The molecule has 4 nitrogen and oxygen atoms in total. The second kappa shape index (κ2) is 9.49. The third-order valence-corrected chi connectivity index (χ3v) is 4.38. The first-order chi connectivity index (χ1) is 13.5. The third kappa shape index (κ3) is 5.41. The molecule has 0 unspecified atom stereocenters. The number of hydrogen-bond donors (Lipinski definition) is 1. The van der Waals surface area contributed by atoms with Gasteiger partial charge in [0.2, 0.25) is 0 Å². The van der Waals surface area contributed by atoms with Gasteiger partial charge in [-0.25, -0.2) is 0 Å². The number of ether oxygens (including phenoxy) is 2. The summed E-state index contributed by atoms with van der Waals surface area (Å²) in [5, 5.41) is 3.88. The molecule has 0 radical (unpaired) electrons. The topological polar surface area (TPSA) is 47.6 Å². The molecule has 1 amide bonds. The predicted molar refractivity (Wildman–Crippen MR) is 113 cm³/mol. The lowest BCUT2D eigenvalue weighted by molar-refractivity contribution is -0.122. The number of hydrogen-bond acceptors (Lipinski definition) is 3. The summed E-state index contributed by atoms with van der Waals surface area (Å²) < 4.78 is 11.7. The molecule has 0 saturated heterocycles. The van der Waals surface area contributed by atoms with Crippen molar-refractivity contribution in [3.8, 4) is 17.2 Å². The van der Waals surface area contributed by atoms with E-state index in [1.807, 2.05) is 37.3 Å². The Balaban J connectivity index is 1.77. The standard InChI is InChI=1S/C22H19Cl2NO3/c1-2-20(28-18-10-6-7-15(23)13-18)22(26)25-19-14-16(24)11-12-21(19)27-17-8-4-3-5-9-17/h3-14,20H,2H2,1H3,(H,25,26)/t20-/m1/s1. The Hall–Kier alpha value is -2.69. The minimum Gasteiger partial charge on any atom is -0.481 e. The number of carbonyl (C=O) groups is 1. The van der Waals surface area contributed by atoms with Crippen LogP contribution in [0, 0.1) is 0 Å². The summed E-state index contributed by atoms with van der Waals surface area (Å²) >= 11 is 12.1. The fraction of sp³-hybridized carbons (Fsp3) is 0.136. The highest BCUT2D eigenvalue weighted by Gasteiger charge is 2.20. The van der Waals surface area contributed by atoms with Gasteiger partial charge >= 0.3 is 0 Å². The van der Waals surface area contributed by atoms with Crippen molar-refractivity contribution in [1.29, 1.82) is 0 Å². The van der Waals surface area contributed by atoms with Crippen LogP contribution in [0.4, 0.5) is 5.69 Å². The highest BCUT2D eigenvalue weighted by atomic mass is 35.5. The van der Waals surface area contributed by atoms with Crippen LogP contribution in [-0.2, 0) is 4.79 Å². The van der Waals surface area contributed by atoms with Gasteiger partial charge in [-0.15, -0.1) is 0 Å². The zero-order valence-corrected chi connectivity index (χ0v) is 16.7. The molecule has 3 aromatic carbocycles. The Morgan fingerprint density at radius 3 is 2.36 bits per heavy atom. The molecule has 0 aliphatic heterocycles. The van der Waals surface area contributed by atoms with Crippen LogP contribution in [0.25, 0.3) is 0 Å². The lowest BCUT2D eigenvalue weighted by Crippen LogP contribution is -2.32. The van der Waals surface area contributed by atoms with E-state index in [9.17, 15) is 4.79 Å². The predicted octanol–water partition coefficient (Wildman–Crippen LogP) is 6.58. The Morgan fingerprint density at radius 1 is 0.929 bits per heavy atom. The largest absolute Gasteiger partial charge is 0.481 e.